The molecule has 128 valence electrons. The van der Waals surface area contributed by atoms with Crippen LogP contribution in [0.5, 0.6) is 0 Å². The van der Waals surface area contributed by atoms with Crippen LogP contribution in [0.1, 0.15) is 0 Å². The zero-order chi connectivity index (χ0) is 18.0. The summed E-state index contributed by atoms with van der Waals surface area (Å²) >= 11 is 0. The van der Waals surface area contributed by atoms with E-state index in [2.05, 4.69) is 0 Å². The zero-order valence-electron chi connectivity index (χ0n) is 9.16. The summed E-state index contributed by atoms with van der Waals surface area (Å²) in [4.78, 5) is 0. The minimum absolute atomic E-state index is 0. The predicted molar refractivity (Wildman–Crippen MR) is 45.1 cm³/mol. The molecule has 0 N–H and O–H groups in total. The molecule has 0 amide bonds. The Hall–Kier alpha value is 0.363. The van der Waals surface area contributed by atoms with Gasteiger partial charge in [-0.1, -0.05) is 0 Å². The Labute approximate surface area is 145 Å². The third-order valence-corrected chi connectivity index (χ3v) is 0. The molecule has 0 heterocycles. The van der Waals surface area contributed by atoms with E-state index in [1.165, 1.54) is 0 Å². The number of rotatable bonds is 0. The van der Waals surface area contributed by atoms with Crippen molar-refractivity contribution in [2.45, 2.75) is 0 Å². The summed E-state index contributed by atoms with van der Waals surface area (Å²) in [6.45, 7) is 0. The van der Waals surface area contributed by atoms with Gasteiger partial charge in [0.05, 0.1) is 0 Å². The maximum absolute atomic E-state index is 8.52. The summed E-state index contributed by atoms with van der Waals surface area (Å²) in [6.07, 6.45) is 0. The fourth-order valence-electron chi connectivity index (χ4n) is 0. The van der Waals surface area contributed by atoms with Crippen molar-refractivity contribution in [3.63, 3.8) is 0 Å². The van der Waals surface area contributed by atoms with Crippen LogP contribution in [0.3, 0.4) is 0 Å². The Bertz CT molecular complexity index is 479. The largest absolute Gasteiger partial charge is 4.00 e. The average molecular weight is 487 g/mol. The van der Waals surface area contributed by atoms with Crippen molar-refractivity contribution in [3.8, 4) is 0 Å². The van der Waals surface area contributed by atoms with Crippen LogP contribution in [0.4, 0.5) is 0 Å². The SMILES string of the molecule is O=S(=O)([O-])[O-].O=S(=O)([O-])[O-].O=S(=O)([O-])[O-].O=S(=O)([O-])[O-].[C+4].[Zr+4]. The molecule has 0 aromatic heterocycles. The van der Waals surface area contributed by atoms with Gasteiger partial charge in [-0.3, -0.25) is 33.7 Å². The molecule has 0 rings (SSSR count). The van der Waals surface area contributed by atoms with Crippen molar-refractivity contribution in [3.05, 3.63) is 7.43 Å². The van der Waals surface area contributed by atoms with Crippen molar-refractivity contribution >= 4 is 41.6 Å². The first kappa shape index (κ1) is 38.1. The minimum Gasteiger partial charge on any atom is -0.759 e. The number of hydrogen-bond donors (Lipinski definition) is 0. The van der Waals surface area contributed by atoms with Gasteiger partial charge in [-0.25, -0.2) is 0 Å². The predicted octanol–water partition coefficient (Wildman–Crippen LogP) is -5.27. The Morgan fingerprint density at radius 3 is 0.364 bits per heavy atom. The molecule has 0 atom stereocenters. The molecule has 0 aliphatic rings. The second kappa shape index (κ2) is 14.9. The Morgan fingerprint density at radius 1 is 0.364 bits per heavy atom. The van der Waals surface area contributed by atoms with E-state index in [1.54, 1.807) is 0 Å². The van der Waals surface area contributed by atoms with E-state index in [1.807, 2.05) is 0 Å². The van der Waals surface area contributed by atoms with Crippen molar-refractivity contribution in [2.24, 2.45) is 0 Å². The van der Waals surface area contributed by atoms with Gasteiger partial charge in [-0.05, 0) is 0 Å². The molecule has 0 radical (unpaired) electrons. The van der Waals surface area contributed by atoms with Crippen molar-refractivity contribution < 1.29 is 96.3 Å². The normalized spacial score (nSPS) is 10.5. The molecule has 0 spiro atoms. The summed E-state index contributed by atoms with van der Waals surface area (Å²) in [7, 11) is -20.7. The van der Waals surface area contributed by atoms with Crippen LogP contribution in [-0.4, -0.2) is 70.1 Å². The first-order valence-electron chi connectivity index (χ1n) is 2.67. The van der Waals surface area contributed by atoms with Crippen molar-refractivity contribution in [1.82, 2.24) is 0 Å². The standard InChI is InChI=1S/C.4H2O4S.Zr/c;4*1-5(2,3)4;/h;4*(H2,1,2,3,4);/q+4;;;;;+4/p-8. The van der Waals surface area contributed by atoms with Gasteiger partial charge in [-0.2, -0.15) is 0 Å². The molecule has 22 heavy (non-hydrogen) atoms. The van der Waals surface area contributed by atoms with Gasteiger partial charge in [0.15, 0.2) is 0 Å². The van der Waals surface area contributed by atoms with Crippen LogP contribution >= 0.6 is 0 Å². The first-order chi connectivity index (χ1) is 8.00. The third-order valence-electron chi connectivity index (χ3n) is 0. The van der Waals surface area contributed by atoms with Crippen LogP contribution in [0.25, 0.3) is 0 Å². The Balaban J connectivity index is -0.0000000376. The second-order valence-electron chi connectivity index (χ2n) is 1.63. The molecule has 0 bridgehead atoms. The van der Waals surface area contributed by atoms with E-state index in [4.69, 9.17) is 70.1 Å². The molecule has 0 saturated carbocycles. The van der Waals surface area contributed by atoms with E-state index >= 15 is 0 Å². The van der Waals surface area contributed by atoms with Crippen LogP contribution in [-0.2, 0) is 67.8 Å². The summed E-state index contributed by atoms with van der Waals surface area (Å²) < 4.78 is 136. The molecule has 0 fully saturated rings. The minimum atomic E-state index is -5.17. The van der Waals surface area contributed by atoms with Crippen molar-refractivity contribution in [2.75, 3.05) is 0 Å². The van der Waals surface area contributed by atoms with E-state index in [9.17, 15) is 0 Å². The summed E-state index contributed by atoms with van der Waals surface area (Å²) in [5.41, 5.74) is 0. The van der Waals surface area contributed by atoms with Gasteiger partial charge in [0.25, 0.3) is 0 Å². The molecule has 0 saturated heterocycles. The zero-order valence-corrected chi connectivity index (χ0v) is 14.9. The van der Waals surface area contributed by atoms with Gasteiger partial charge in [0.1, 0.15) is 0 Å². The molecule has 0 aromatic carbocycles. The summed E-state index contributed by atoms with van der Waals surface area (Å²) in [5.74, 6) is 0. The monoisotopic (exact) mass is 486 g/mol. The van der Waals surface area contributed by atoms with Crippen LogP contribution in [0, 0.1) is 7.43 Å². The molecule has 0 unspecified atom stereocenters. The molecule has 0 aliphatic heterocycles. The van der Waals surface area contributed by atoms with Gasteiger partial charge >= 0.3 is 33.6 Å². The first-order valence-corrected chi connectivity index (χ1v) is 8.00. The molecular formula is CO16S4Zr. The fourth-order valence-corrected chi connectivity index (χ4v) is 0. The van der Waals surface area contributed by atoms with E-state index in [-0.39, 0.29) is 33.6 Å². The van der Waals surface area contributed by atoms with E-state index in [0.29, 0.717) is 0 Å². The molecule has 0 aromatic rings. The Morgan fingerprint density at radius 2 is 0.364 bits per heavy atom. The quantitative estimate of drug-likeness (QED) is 0.227. The van der Waals surface area contributed by atoms with Crippen LogP contribution in [0.15, 0.2) is 0 Å². The average Bonchev–Trinajstić information content (AvgIpc) is 1.62. The summed E-state index contributed by atoms with van der Waals surface area (Å²) in [5, 5.41) is 0. The van der Waals surface area contributed by atoms with Gasteiger partial charge in [-0.15, -0.1) is 0 Å². The molecule has 16 nitrogen and oxygen atoms in total. The van der Waals surface area contributed by atoms with Crippen LogP contribution in [0.2, 0.25) is 0 Å². The maximum atomic E-state index is 8.52. The van der Waals surface area contributed by atoms with Crippen LogP contribution < -0.4 is 0 Å². The number of hydrogen-bond acceptors (Lipinski definition) is 16. The van der Waals surface area contributed by atoms with Gasteiger partial charge in [0.2, 0.25) is 0 Å². The third kappa shape index (κ3) is 57900. The van der Waals surface area contributed by atoms with Gasteiger partial charge < -0.3 is 36.4 Å². The molecule has 21 heteroatoms. The topological polar surface area (TPSA) is 321 Å². The smallest absolute Gasteiger partial charge is 0.759 e. The summed E-state index contributed by atoms with van der Waals surface area (Å²) in [6, 6.07) is 0. The second-order valence-corrected chi connectivity index (χ2v) is 4.90. The molecule has 0 aliphatic carbocycles. The van der Waals surface area contributed by atoms with E-state index in [0.717, 1.165) is 0 Å². The Kier molecular flexibility index (Phi) is 25.9. The maximum Gasteiger partial charge on any atom is 4.00 e. The van der Waals surface area contributed by atoms with Gasteiger partial charge in [0, 0.05) is 41.6 Å². The molecular weight excluding hydrogens is 487 g/mol. The van der Waals surface area contributed by atoms with E-state index < -0.39 is 41.6 Å². The fraction of sp³-hybridized carbons (Fsp3) is 0. The van der Waals surface area contributed by atoms with Crippen molar-refractivity contribution in [1.29, 1.82) is 0 Å².